The first-order valence-corrected chi connectivity index (χ1v) is 7.42. The Kier molecular flexibility index (Phi) is 3.92. The molecule has 2 aromatic carbocycles. The first-order chi connectivity index (χ1) is 10.6. The average Bonchev–Trinajstić information content (AvgIpc) is 2.94. The van der Waals surface area contributed by atoms with Crippen molar-refractivity contribution >= 4 is 23.2 Å². The molecule has 1 aliphatic rings. The molecule has 3 rings (SSSR count). The Morgan fingerprint density at radius 1 is 1.14 bits per heavy atom. The molecule has 1 heterocycles. The van der Waals surface area contributed by atoms with Crippen LogP contribution in [0.5, 0.6) is 0 Å². The zero-order chi connectivity index (χ0) is 15.5. The van der Waals surface area contributed by atoms with Crippen LogP contribution in [0.1, 0.15) is 28.8 Å². The number of nitrogens with zero attached hydrogens (tertiary/aromatic N) is 1. The number of nitrogens with one attached hydrogen (secondary N) is 1. The van der Waals surface area contributed by atoms with Crippen molar-refractivity contribution in [1.82, 2.24) is 0 Å². The van der Waals surface area contributed by atoms with Crippen molar-refractivity contribution in [2.24, 2.45) is 0 Å². The fourth-order valence-electron chi connectivity index (χ4n) is 2.70. The van der Waals surface area contributed by atoms with Crippen molar-refractivity contribution in [3.8, 4) is 0 Å². The Labute approximate surface area is 129 Å². The standard InChI is InChI=1S/C18H18N2O2/c1-13-6-2-3-9-16(13)18(22)19-14-7-4-8-15(12-14)20-11-5-10-17(20)21/h2-4,6-9,12H,5,10-11H2,1H3,(H,19,22). The summed E-state index contributed by atoms with van der Waals surface area (Å²) in [6, 6.07) is 14.9. The first-order valence-electron chi connectivity index (χ1n) is 7.42. The van der Waals surface area contributed by atoms with Crippen LogP contribution in [0.4, 0.5) is 11.4 Å². The molecule has 1 saturated heterocycles. The van der Waals surface area contributed by atoms with Crippen LogP contribution >= 0.6 is 0 Å². The van der Waals surface area contributed by atoms with Gasteiger partial charge in [0.15, 0.2) is 0 Å². The molecule has 0 aromatic heterocycles. The highest BCUT2D eigenvalue weighted by Crippen LogP contribution is 2.24. The van der Waals surface area contributed by atoms with Gasteiger partial charge in [-0.25, -0.2) is 0 Å². The Balaban J connectivity index is 1.80. The molecule has 4 nitrogen and oxygen atoms in total. The lowest BCUT2D eigenvalue weighted by atomic mass is 10.1. The second kappa shape index (κ2) is 6.02. The number of carbonyl (C=O) groups excluding carboxylic acids is 2. The summed E-state index contributed by atoms with van der Waals surface area (Å²) in [5, 5.41) is 2.90. The Bertz CT molecular complexity index is 725. The van der Waals surface area contributed by atoms with Gasteiger partial charge in [-0.05, 0) is 43.2 Å². The van der Waals surface area contributed by atoms with Crippen LogP contribution in [0.2, 0.25) is 0 Å². The van der Waals surface area contributed by atoms with E-state index in [2.05, 4.69) is 5.32 Å². The zero-order valence-corrected chi connectivity index (χ0v) is 12.5. The smallest absolute Gasteiger partial charge is 0.255 e. The van der Waals surface area contributed by atoms with Crippen LogP contribution in [0.25, 0.3) is 0 Å². The Morgan fingerprint density at radius 2 is 1.95 bits per heavy atom. The molecule has 1 N–H and O–H groups in total. The number of rotatable bonds is 3. The van der Waals surface area contributed by atoms with Gasteiger partial charge in [-0.2, -0.15) is 0 Å². The van der Waals surface area contributed by atoms with Gasteiger partial charge >= 0.3 is 0 Å². The molecule has 2 amide bonds. The molecule has 4 heteroatoms. The minimum Gasteiger partial charge on any atom is -0.322 e. The first kappa shape index (κ1) is 14.3. The third-order valence-corrected chi connectivity index (χ3v) is 3.88. The number of hydrogen-bond acceptors (Lipinski definition) is 2. The topological polar surface area (TPSA) is 49.4 Å². The fourth-order valence-corrected chi connectivity index (χ4v) is 2.70. The van der Waals surface area contributed by atoms with Gasteiger partial charge in [0.2, 0.25) is 5.91 Å². The zero-order valence-electron chi connectivity index (χ0n) is 12.5. The molecule has 0 spiro atoms. The molecule has 1 aliphatic heterocycles. The molecule has 22 heavy (non-hydrogen) atoms. The van der Waals surface area contributed by atoms with Crippen molar-refractivity contribution in [3.05, 3.63) is 59.7 Å². The van der Waals surface area contributed by atoms with E-state index < -0.39 is 0 Å². The van der Waals surface area contributed by atoms with Gasteiger partial charge in [-0.3, -0.25) is 9.59 Å². The van der Waals surface area contributed by atoms with Crippen LogP contribution < -0.4 is 10.2 Å². The van der Waals surface area contributed by atoms with E-state index in [9.17, 15) is 9.59 Å². The summed E-state index contributed by atoms with van der Waals surface area (Å²) in [5.74, 6) is 0.00498. The lowest BCUT2D eigenvalue weighted by Gasteiger charge is -2.17. The summed E-state index contributed by atoms with van der Waals surface area (Å²) >= 11 is 0. The highest BCUT2D eigenvalue weighted by atomic mass is 16.2. The van der Waals surface area contributed by atoms with E-state index in [1.165, 1.54) is 0 Å². The van der Waals surface area contributed by atoms with Crippen molar-refractivity contribution < 1.29 is 9.59 Å². The Hall–Kier alpha value is -2.62. The van der Waals surface area contributed by atoms with Gasteiger partial charge in [-0.15, -0.1) is 0 Å². The molecule has 0 saturated carbocycles. The van der Waals surface area contributed by atoms with E-state index in [1.807, 2.05) is 49.4 Å². The lowest BCUT2D eigenvalue weighted by molar-refractivity contribution is -0.117. The summed E-state index contributed by atoms with van der Waals surface area (Å²) in [5.41, 5.74) is 3.13. The maximum absolute atomic E-state index is 12.3. The number of benzene rings is 2. The molecular weight excluding hydrogens is 276 g/mol. The molecule has 0 bridgehead atoms. The summed E-state index contributed by atoms with van der Waals surface area (Å²) in [7, 11) is 0. The average molecular weight is 294 g/mol. The van der Waals surface area contributed by atoms with Gasteiger partial charge in [0.1, 0.15) is 0 Å². The Morgan fingerprint density at radius 3 is 2.68 bits per heavy atom. The number of hydrogen-bond donors (Lipinski definition) is 1. The van der Waals surface area contributed by atoms with E-state index in [0.717, 1.165) is 24.2 Å². The third-order valence-electron chi connectivity index (χ3n) is 3.88. The molecule has 1 fully saturated rings. The lowest BCUT2D eigenvalue weighted by Crippen LogP contribution is -2.23. The third kappa shape index (κ3) is 2.86. The molecule has 0 radical (unpaired) electrons. The van der Waals surface area contributed by atoms with Crippen LogP contribution in [-0.4, -0.2) is 18.4 Å². The number of amides is 2. The van der Waals surface area contributed by atoms with Gasteiger partial charge in [-0.1, -0.05) is 24.3 Å². The van der Waals surface area contributed by atoms with E-state index in [0.29, 0.717) is 17.7 Å². The largest absolute Gasteiger partial charge is 0.322 e. The van der Waals surface area contributed by atoms with E-state index in [-0.39, 0.29) is 11.8 Å². The summed E-state index contributed by atoms with van der Waals surface area (Å²) in [6.45, 7) is 2.66. The molecule has 112 valence electrons. The van der Waals surface area contributed by atoms with Crippen molar-refractivity contribution in [2.45, 2.75) is 19.8 Å². The summed E-state index contributed by atoms with van der Waals surface area (Å²) in [4.78, 5) is 25.9. The second-order valence-corrected chi connectivity index (χ2v) is 5.47. The molecule has 0 atom stereocenters. The predicted molar refractivity (Wildman–Crippen MR) is 87.2 cm³/mol. The van der Waals surface area contributed by atoms with Crippen LogP contribution in [0.15, 0.2) is 48.5 Å². The number of anilines is 2. The van der Waals surface area contributed by atoms with Crippen LogP contribution in [0.3, 0.4) is 0 Å². The van der Waals surface area contributed by atoms with Crippen LogP contribution in [0, 0.1) is 6.92 Å². The SMILES string of the molecule is Cc1ccccc1C(=O)Nc1cccc(N2CCCC2=O)c1. The maximum atomic E-state index is 12.3. The minimum atomic E-state index is -0.136. The fraction of sp³-hybridized carbons (Fsp3) is 0.222. The van der Waals surface area contributed by atoms with Gasteiger partial charge in [0.05, 0.1) is 0 Å². The summed E-state index contributed by atoms with van der Waals surface area (Å²) in [6.07, 6.45) is 1.48. The van der Waals surface area contributed by atoms with Crippen LogP contribution in [-0.2, 0) is 4.79 Å². The van der Waals surface area contributed by atoms with Crippen molar-refractivity contribution in [1.29, 1.82) is 0 Å². The molecule has 0 unspecified atom stereocenters. The quantitative estimate of drug-likeness (QED) is 0.943. The normalized spacial score (nSPS) is 14.2. The highest BCUT2D eigenvalue weighted by molar-refractivity contribution is 6.05. The van der Waals surface area contributed by atoms with E-state index in [1.54, 1.807) is 11.0 Å². The molecular formula is C18H18N2O2. The monoisotopic (exact) mass is 294 g/mol. The highest BCUT2D eigenvalue weighted by Gasteiger charge is 2.21. The maximum Gasteiger partial charge on any atom is 0.255 e. The predicted octanol–water partition coefficient (Wildman–Crippen LogP) is 3.37. The van der Waals surface area contributed by atoms with E-state index >= 15 is 0 Å². The van der Waals surface area contributed by atoms with Gasteiger partial charge < -0.3 is 10.2 Å². The van der Waals surface area contributed by atoms with Crippen molar-refractivity contribution in [3.63, 3.8) is 0 Å². The summed E-state index contributed by atoms with van der Waals surface area (Å²) < 4.78 is 0. The van der Waals surface area contributed by atoms with Gasteiger partial charge in [0.25, 0.3) is 5.91 Å². The number of carbonyl (C=O) groups is 2. The van der Waals surface area contributed by atoms with Crippen molar-refractivity contribution in [2.75, 3.05) is 16.8 Å². The molecule has 0 aliphatic carbocycles. The second-order valence-electron chi connectivity index (χ2n) is 5.47. The van der Waals surface area contributed by atoms with E-state index in [4.69, 9.17) is 0 Å². The number of aryl methyl sites for hydroxylation is 1. The van der Waals surface area contributed by atoms with Gasteiger partial charge in [0, 0.05) is 29.9 Å². The minimum absolute atomic E-state index is 0.136. The molecule has 2 aromatic rings.